The zero-order valence-electron chi connectivity index (χ0n) is 51.6. The summed E-state index contributed by atoms with van der Waals surface area (Å²) in [5, 5.41) is 20.8. The predicted octanol–water partition coefficient (Wildman–Crippen LogP) is 12.9. The van der Waals surface area contributed by atoms with Gasteiger partial charge < -0.3 is 26.2 Å². The molecule has 1 fully saturated rings. The van der Waals surface area contributed by atoms with Gasteiger partial charge in [-0.3, -0.25) is 28.9 Å². The molecule has 492 valence electrons. The average Bonchev–Trinajstić information content (AvgIpc) is 0.956. The molecular weight excluding hydrogens is 1240 g/mol. The van der Waals surface area contributed by atoms with E-state index in [1.165, 1.54) is 24.3 Å². The number of nitrogens with one attached hydrogen (secondary N) is 1. The Morgan fingerprint density at radius 1 is 0.707 bits per heavy atom. The van der Waals surface area contributed by atoms with E-state index in [1.54, 1.807) is 19.0 Å². The van der Waals surface area contributed by atoms with Crippen LogP contribution in [-0.4, -0.2) is 86.3 Å². The molecule has 2 unspecified atom stereocenters. The summed E-state index contributed by atoms with van der Waals surface area (Å²) >= 11 is 0. The maximum Gasteiger partial charge on any atom is 0.417 e. The Morgan fingerprint density at radius 3 is 1.63 bits per heavy atom. The summed E-state index contributed by atoms with van der Waals surface area (Å²) in [6.45, 7) is 11.1. The average molecular weight is 1310 g/mol. The number of benzene rings is 5. The molecule has 25 heteroatoms. The molecule has 2 amide bonds. The summed E-state index contributed by atoms with van der Waals surface area (Å²) in [6, 6.07) is 14.1. The van der Waals surface area contributed by atoms with Gasteiger partial charge in [-0.1, -0.05) is 87.9 Å². The quantitative estimate of drug-likeness (QED) is 0.0247. The highest BCUT2D eigenvalue weighted by Crippen LogP contribution is 2.41. The number of hydrogen-bond donors (Lipinski definition) is 4. The number of likely N-dealkylation sites (tertiary alicyclic amines) is 1. The van der Waals surface area contributed by atoms with Crippen LogP contribution in [0.15, 0.2) is 123 Å². The highest BCUT2D eigenvalue weighted by Gasteiger charge is 2.42. The number of aliphatic carboxylic acids is 2. The second kappa shape index (κ2) is 31.2. The lowest BCUT2D eigenvalue weighted by atomic mass is 9.93. The van der Waals surface area contributed by atoms with Gasteiger partial charge in [-0.2, -0.15) is 26.3 Å². The first-order valence-corrected chi connectivity index (χ1v) is 30.0. The molecule has 0 saturated carbocycles. The number of carboxylic acid groups (broad SMARTS) is 2. The summed E-state index contributed by atoms with van der Waals surface area (Å²) in [5.41, 5.74) is -5.65. The third-order valence-corrected chi connectivity index (χ3v) is 16.1. The summed E-state index contributed by atoms with van der Waals surface area (Å²) in [6.07, 6.45) is -9.81. The molecule has 0 radical (unpaired) electrons. The van der Waals surface area contributed by atoms with Crippen LogP contribution >= 0.6 is 9.24 Å². The summed E-state index contributed by atoms with van der Waals surface area (Å²) in [4.78, 5) is 82.2. The van der Waals surface area contributed by atoms with E-state index in [1.807, 2.05) is 50.9 Å². The van der Waals surface area contributed by atoms with Gasteiger partial charge in [0, 0.05) is 66.2 Å². The zero-order chi connectivity index (χ0) is 68.3. The van der Waals surface area contributed by atoms with Crippen LogP contribution in [0.4, 0.5) is 43.9 Å². The maximum absolute atomic E-state index is 16.9. The van der Waals surface area contributed by atoms with Gasteiger partial charge in [0.1, 0.15) is 34.9 Å². The molecule has 5 N–H and O–H groups in total. The van der Waals surface area contributed by atoms with Crippen LogP contribution < -0.4 is 22.2 Å². The number of nitrogens with zero attached hydrogens (tertiary/aromatic N) is 4. The number of hydrogen-bond acceptors (Lipinski definition) is 8. The topological polar surface area (TPSA) is 197 Å². The Balaban J connectivity index is 0.000000862. The fourth-order valence-corrected chi connectivity index (χ4v) is 11.4. The molecule has 0 aliphatic carbocycles. The minimum absolute atomic E-state index is 0.00734. The molecule has 14 nitrogen and oxygen atoms in total. The molecule has 0 bridgehead atoms. The highest BCUT2D eigenvalue weighted by molar-refractivity contribution is 7.22. The molecule has 2 atom stereocenters. The number of allylic oxidation sites excluding steroid dienone is 2. The zero-order valence-corrected chi connectivity index (χ0v) is 52.7. The highest BCUT2D eigenvalue weighted by atomic mass is 31.0. The van der Waals surface area contributed by atoms with Crippen LogP contribution in [-0.2, 0) is 65.5 Å². The molecule has 1 aliphatic rings. The first kappa shape index (κ1) is 72.6. The number of halogens is 10. The van der Waals surface area contributed by atoms with E-state index in [2.05, 4.69) is 9.24 Å². The number of amides is 2. The van der Waals surface area contributed by atoms with Crippen LogP contribution in [0.5, 0.6) is 0 Å². The van der Waals surface area contributed by atoms with Gasteiger partial charge in [-0.15, -0.1) is 9.24 Å². The smallest absolute Gasteiger partial charge is 0.417 e. The maximum atomic E-state index is 16.9. The fourth-order valence-electron chi connectivity index (χ4n) is 11.1. The van der Waals surface area contributed by atoms with Crippen molar-refractivity contribution in [2.45, 2.75) is 124 Å². The number of carbonyl (C=O) groups excluding carboxylic acids is 2. The first-order valence-electron chi connectivity index (χ1n) is 29.4. The molecular formula is C67H71F10N6O8P. The van der Waals surface area contributed by atoms with Crippen molar-refractivity contribution in [2.24, 2.45) is 5.73 Å². The van der Waals surface area contributed by atoms with E-state index in [0.29, 0.717) is 33.6 Å². The molecule has 3 heterocycles. The monoisotopic (exact) mass is 1310 g/mol. The molecule has 92 heavy (non-hydrogen) atoms. The number of fused-ring (bicyclic) bond motifs is 2. The number of aryl methyl sites for hydroxylation is 1. The fraction of sp³-hybridized carbons (Fsp3) is 0.343. The molecule has 1 saturated heterocycles. The number of carbonyl (C=O) groups is 4. The second-order valence-electron chi connectivity index (χ2n) is 22.0. The molecule has 8 rings (SSSR count). The SMILES string of the molecule is C/C=C(C)\C(C(N)=O)=C(\P)CC.CC.CN(C)Cc1ccc2c(c1)c(C(F)(F)F)c(Cc1cccc(CC(NC(=O)c3c(F)cccc3F)C(=O)O)c1F)c(=O)n2-n1c(=O)c(Cc2cccc(CCC(=O)O)c2F)c(C(F)(F)F)c2cc(CN3CCCCC3)ccc21. The van der Waals surface area contributed by atoms with Crippen molar-refractivity contribution in [2.75, 3.05) is 27.2 Å². The molecule has 7 aromatic rings. The van der Waals surface area contributed by atoms with E-state index in [0.717, 1.165) is 103 Å². The van der Waals surface area contributed by atoms with Crippen molar-refractivity contribution in [1.82, 2.24) is 24.5 Å². The number of pyridine rings is 2. The van der Waals surface area contributed by atoms with Crippen molar-refractivity contribution in [1.29, 1.82) is 0 Å². The second-order valence-corrected chi connectivity index (χ2v) is 22.7. The van der Waals surface area contributed by atoms with Gasteiger partial charge in [0.2, 0.25) is 5.91 Å². The van der Waals surface area contributed by atoms with Gasteiger partial charge >= 0.3 is 24.3 Å². The van der Waals surface area contributed by atoms with Crippen LogP contribution in [0.1, 0.15) is 133 Å². The minimum atomic E-state index is -5.44. The van der Waals surface area contributed by atoms with Crippen molar-refractivity contribution in [3.8, 4) is 0 Å². The lowest BCUT2D eigenvalue weighted by Gasteiger charge is -2.27. The van der Waals surface area contributed by atoms with Crippen molar-refractivity contribution in [3.63, 3.8) is 0 Å². The summed E-state index contributed by atoms with van der Waals surface area (Å²) in [7, 11) is 5.77. The lowest BCUT2D eigenvalue weighted by Crippen LogP contribution is -2.43. The van der Waals surface area contributed by atoms with Gasteiger partial charge in [-0.05, 0) is 147 Å². The van der Waals surface area contributed by atoms with E-state index >= 15 is 44.7 Å². The Morgan fingerprint density at radius 2 is 1.17 bits per heavy atom. The van der Waals surface area contributed by atoms with Crippen LogP contribution in [0.25, 0.3) is 21.8 Å². The van der Waals surface area contributed by atoms with E-state index < -0.39 is 163 Å². The Hall–Kier alpha value is -8.47. The van der Waals surface area contributed by atoms with Crippen LogP contribution in [0.3, 0.4) is 0 Å². The lowest BCUT2D eigenvalue weighted by molar-refractivity contribution is -0.139. The van der Waals surface area contributed by atoms with Gasteiger partial charge in [0.15, 0.2) is 0 Å². The number of nitrogens with two attached hydrogens (primary N) is 1. The van der Waals surface area contributed by atoms with Crippen molar-refractivity contribution < 1.29 is 73.3 Å². The molecule has 1 aliphatic heterocycles. The number of primary amides is 1. The minimum Gasteiger partial charge on any atom is -0.481 e. The summed E-state index contributed by atoms with van der Waals surface area (Å²) in [5.74, 6) is -10.2. The van der Waals surface area contributed by atoms with Crippen LogP contribution in [0, 0.1) is 23.3 Å². The number of rotatable bonds is 20. The van der Waals surface area contributed by atoms with Crippen molar-refractivity contribution >= 4 is 54.8 Å². The van der Waals surface area contributed by atoms with E-state index in [9.17, 15) is 38.2 Å². The Kier molecular flexibility index (Phi) is 24.6. The Labute approximate surface area is 526 Å². The third kappa shape index (κ3) is 17.0. The first-order chi connectivity index (χ1) is 43.4. The van der Waals surface area contributed by atoms with E-state index in [4.69, 9.17) is 5.73 Å². The summed E-state index contributed by atoms with van der Waals surface area (Å²) < 4.78 is 158. The standard InChI is InChI=1S/C56H49F10N5O7.C9H16NOP.C2H6/c1-68(2)28-30-15-18-43-36(23-30)47(55(61,62)63)39(26-34-11-7-12-35(50(34)60)27-42(54(77)78)67-51(74)46-40(57)13-8-14-41(46)58)53(76)70(43)71-44-19-16-31(29-69-21-4-3-5-22-69)24-37(44)48(56(64,65)66)38(52(71)75)25-33-10-6-9-32(49(33)59)17-20-45(72)73;1-4-6(3)8(9(10)11)7(12)5-2;1-2/h6-16,18-19,23-24,42H,3-5,17,20-22,25-29H2,1-2H3,(H,67,74)(H,72,73)(H,77,78);4H,5,12H2,1-3H3,(H2,10,11);1-2H3/b;6-4-,8-7-;. The number of carboxylic acids is 2. The largest absolute Gasteiger partial charge is 0.481 e. The van der Waals surface area contributed by atoms with Gasteiger partial charge in [0.05, 0.1) is 22.2 Å². The molecule has 5 aromatic carbocycles. The van der Waals surface area contributed by atoms with Crippen molar-refractivity contribution in [3.05, 3.63) is 219 Å². The molecule has 0 spiro atoms. The van der Waals surface area contributed by atoms with E-state index in [-0.39, 0.29) is 36.5 Å². The number of aromatic nitrogens is 2. The number of alkyl halides is 6. The third-order valence-electron chi connectivity index (χ3n) is 15.4. The number of piperidine rings is 1. The predicted molar refractivity (Wildman–Crippen MR) is 334 cm³/mol. The van der Waals surface area contributed by atoms with Gasteiger partial charge in [-0.25, -0.2) is 31.7 Å². The normalized spacial score (nSPS) is 13.7. The molecule has 2 aromatic heterocycles. The Bertz CT molecular complexity index is 4100. The van der Waals surface area contributed by atoms with Gasteiger partial charge in [0.25, 0.3) is 17.0 Å². The van der Waals surface area contributed by atoms with Crippen LogP contribution in [0.2, 0.25) is 0 Å².